The van der Waals surface area contributed by atoms with Crippen LogP contribution in [0.2, 0.25) is 0 Å². The molecule has 0 spiro atoms. The topological polar surface area (TPSA) is 66.4 Å². The molecule has 0 bridgehead atoms. The van der Waals surface area contributed by atoms with Gasteiger partial charge in [-0.25, -0.2) is 4.79 Å². The Kier molecular flexibility index (Phi) is 7.23. The van der Waals surface area contributed by atoms with Crippen molar-refractivity contribution in [3.63, 3.8) is 0 Å². The van der Waals surface area contributed by atoms with E-state index in [1.165, 1.54) is 0 Å². The van der Waals surface area contributed by atoms with E-state index >= 15 is 0 Å². The van der Waals surface area contributed by atoms with E-state index in [-0.39, 0.29) is 6.42 Å². The normalized spacial score (nSPS) is 12.7. The van der Waals surface area contributed by atoms with E-state index in [0.717, 1.165) is 24.8 Å². The van der Waals surface area contributed by atoms with Crippen LogP contribution in [0.15, 0.2) is 24.3 Å². The molecule has 0 saturated heterocycles. The van der Waals surface area contributed by atoms with Crippen molar-refractivity contribution >= 4 is 11.9 Å². The van der Waals surface area contributed by atoms with Gasteiger partial charge in [0.05, 0.1) is 26.7 Å². The van der Waals surface area contributed by atoms with Crippen molar-refractivity contribution in [2.45, 2.75) is 38.7 Å². The van der Waals surface area contributed by atoms with E-state index < -0.39 is 18.0 Å². The number of benzene rings is 1. The summed E-state index contributed by atoms with van der Waals surface area (Å²) in [4.78, 5) is 23.4. The molecule has 0 aromatic heterocycles. The van der Waals surface area contributed by atoms with Crippen LogP contribution in [0.4, 0.5) is 0 Å². The summed E-state index contributed by atoms with van der Waals surface area (Å²) in [7, 11) is 5.77. The summed E-state index contributed by atoms with van der Waals surface area (Å²) in [5.74, 6) is -1.67. The molecule has 1 atom stereocenters. The number of ether oxygens (including phenoxy) is 1. The molecule has 0 fully saturated rings. The number of carbonyl (C=O) groups excluding carboxylic acids is 2. The van der Waals surface area contributed by atoms with Crippen molar-refractivity contribution in [2.75, 3.05) is 27.7 Å². The van der Waals surface area contributed by atoms with Crippen molar-refractivity contribution in [2.24, 2.45) is 0 Å². The molecule has 0 aliphatic rings. The number of rotatable bonds is 9. The third-order valence-electron chi connectivity index (χ3n) is 3.46. The standard InChI is InChI=1S/C18H27NO4/c1-5-6-9-14-10-7-8-11-16(14)18(22)23-15(12-17(20)21)13-19(2,3)4/h7-8,10-11,15H,5-6,9,12-13H2,1-4H3. The zero-order chi connectivity index (χ0) is 17.5. The Morgan fingerprint density at radius 1 is 1.22 bits per heavy atom. The zero-order valence-corrected chi connectivity index (χ0v) is 14.5. The Morgan fingerprint density at radius 3 is 2.43 bits per heavy atom. The molecule has 1 rings (SSSR count). The van der Waals surface area contributed by atoms with Gasteiger partial charge in [0.1, 0.15) is 6.54 Å². The molecule has 5 heteroatoms. The van der Waals surface area contributed by atoms with Gasteiger partial charge in [0, 0.05) is 12.4 Å². The summed E-state index contributed by atoms with van der Waals surface area (Å²) >= 11 is 0. The van der Waals surface area contributed by atoms with Gasteiger partial charge >= 0.3 is 5.97 Å². The van der Waals surface area contributed by atoms with E-state index in [9.17, 15) is 14.7 Å². The second kappa shape index (κ2) is 8.67. The number of carbonyl (C=O) groups is 2. The molecule has 0 radical (unpaired) electrons. The summed E-state index contributed by atoms with van der Waals surface area (Å²) in [6.07, 6.45) is 1.84. The number of likely N-dealkylation sites (N-methyl/N-ethyl adjacent to an activating group) is 1. The van der Waals surface area contributed by atoms with Gasteiger partial charge in [0.2, 0.25) is 0 Å². The number of carboxylic acids is 1. The van der Waals surface area contributed by atoms with E-state index in [2.05, 4.69) is 6.92 Å². The van der Waals surface area contributed by atoms with E-state index in [1.807, 2.05) is 33.3 Å². The van der Waals surface area contributed by atoms with Crippen LogP contribution in [-0.2, 0) is 16.0 Å². The SMILES string of the molecule is CCCCc1ccccc1C(=O)OC(CC(=O)[O-])C[N+](C)(C)C. The number of hydrogen-bond acceptors (Lipinski definition) is 4. The van der Waals surface area contributed by atoms with Crippen molar-refractivity contribution < 1.29 is 23.9 Å². The number of carboxylic acid groups (broad SMARTS) is 1. The van der Waals surface area contributed by atoms with Crippen LogP contribution in [0.25, 0.3) is 0 Å². The lowest BCUT2D eigenvalue weighted by atomic mass is 10.0. The van der Waals surface area contributed by atoms with E-state index in [0.29, 0.717) is 16.6 Å². The highest BCUT2D eigenvalue weighted by Gasteiger charge is 2.24. The minimum absolute atomic E-state index is 0.293. The number of esters is 1. The molecule has 1 aromatic carbocycles. The van der Waals surface area contributed by atoms with Gasteiger partial charge in [-0.1, -0.05) is 31.5 Å². The smallest absolute Gasteiger partial charge is 0.338 e. The van der Waals surface area contributed by atoms with Crippen LogP contribution < -0.4 is 5.11 Å². The van der Waals surface area contributed by atoms with Gasteiger partial charge in [0.15, 0.2) is 6.10 Å². The minimum Gasteiger partial charge on any atom is -0.550 e. The molecule has 23 heavy (non-hydrogen) atoms. The number of nitrogens with zero attached hydrogens (tertiary/aromatic N) is 1. The number of aliphatic carboxylic acids is 1. The third kappa shape index (κ3) is 7.28. The summed E-state index contributed by atoms with van der Waals surface area (Å²) < 4.78 is 5.97. The van der Waals surface area contributed by atoms with Gasteiger partial charge in [-0.2, -0.15) is 0 Å². The Bertz CT molecular complexity index is 534. The third-order valence-corrected chi connectivity index (χ3v) is 3.46. The fourth-order valence-electron chi connectivity index (χ4n) is 2.46. The Hall–Kier alpha value is -1.88. The maximum absolute atomic E-state index is 12.5. The lowest BCUT2D eigenvalue weighted by Gasteiger charge is -2.29. The van der Waals surface area contributed by atoms with Crippen molar-refractivity contribution in [1.82, 2.24) is 0 Å². The first kappa shape index (κ1) is 19.2. The van der Waals surface area contributed by atoms with Crippen molar-refractivity contribution in [3.05, 3.63) is 35.4 Å². The van der Waals surface area contributed by atoms with Crippen LogP contribution in [-0.4, -0.2) is 50.2 Å². The molecule has 0 aliphatic heterocycles. The fraction of sp³-hybridized carbons (Fsp3) is 0.556. The highest BCUT2D eigenvalue weighted by atomic mass is 16.5. The lowest BCUT2D eigenvalue weighted by Crippen LogP contribution is -2.45. The number of aryl methyl sites for hydroxylation is 1. The van der Waals surface area contributed by atoms with Gasteiger partial charge < -0.3 is 19.1 Å². The minimum atomic E-state index is -1.21. The first-order valence-corrected chi connectivity index (χ1v) is 8.02. The van der Waals surface area contributed by atoms with Crippen LogP contribution >= 0.6 is 0 Å². The predicted molar refractivity (Wildman–Crippen MR) is 86.8 cm³/mol. The number of hydrogen-bond donors (Lipinski definition) is 0. The zero-order valence-electron chi connectivity index (χ0n) is 14.5. The maximum Gasteiger partial charge on any atom is 0.338 e. The summed E-state index contributed by atoms with van der Waals surface area (Å²) in [6, 6.07) is 7.33. The second-order valence-electron chi connectivity index (χ2n) is 6.84. The molecular formula is C18H27NO4. The molecule has 1 aromatic rings. The Labute approximate surface area is 138 Å². The average molecular weight is 321 g/mol. The second-order valence-corrected chi connectivity index (χ2v) is 6.84. The largest absolute Gasteiger partial charge is 0.550 e. The highest BCUT2D eigenvalue weighted by molar-refractivity contribution is 5.91. The lowest BCUT2D eigenvalue weighted by molar-refractivity contribution is -0.873. The molecule has 0 aliphatic carbocycles. The average Bonchev–Trinajstić information content (AvgIpc) is 2.42. The number of quaternary nitrogens is 1. The van der Waals surface area contributed by atoms with Gasteiger partial charge in [-0.05, 0) is 24.5 Å². The Balaban J connectivity index is 2.87. The molecule has 0 heterocycles. The van der Waals surface area contributed by atoms with Crippen molar-refractivity contribution in [3.8, 4) is 0 Å². The summed E-state index contributed by atoms with van der Waals surface area (Å²) in [6.45, 7) is 2.51. The molecule has 0 amide bonds. The molecule has 1 unspecified atom stereocenters. The summed E-state index contributed by atoms with van der Waals surface area (Å²) in [5, 5.41) is 10.9. The maximum atomic E-state index is 12.5. The quantitative estimate of drug-likeness (QED) is 0.509. The molecule has 0 N–H and O–H groups in total. The Morgan fingerprint density at radius 2 is 1.87 bits per heavy atom. The van der Waals surface area contributed by atoms with E-state index in [4.69, 9.17) is 4.74 Å². The van der Waals surface area contributed by atoms with Crippen LogP contribution in [0.5, 0.6) is 0 Å². The highest BCUT2D eigenvalue weighted by Crippen LogP contribution is 2.16. The first-order chi connectivity index (χ1) is 10.7. The summed E-state index contributed by atoms with van der Waals surface area (Å²) in [5.41, 5.74) is 1.46. The van der Waals surface area contributed by atoms with Crippen molar-refractivity contribution in [1.29, 1.82) is 0 Å². The van der Waals surface area contributed by atoms with Gasteiger partial charge in [0.25, 0.3) is 0 Å². The molecule has 128 valence electrons. The van der Waals surface area contributed by atoms with Gasteiger partial charge in [-0.15, -0.1) is 0 Å². The monoisotopic (exact) mass is 321 g/mol. The van der Waals surface area contributed by atoms with Crippen LogP contribution in [0.3, 0.4) is 0 Å². The van der Waals surface area contributed by atoms with E-state index in [1.54, 1.807) is 12.1 Å². The molecule has 5 nitrogen and oxygen atoms in total. The van der Waals surface area contributed by atoms with Crippen LogP contribution in [0.1, 0.15) is 42.1 Å². The van der Waals surface area contributed by atoms with Gasteiger partial charge in [-0.3, -0.25) is 0 Å². The predicted octanol–water partition coefficient (Wildman–Crippen LogP) is 1.40. The fourth-order valence-corrected chi connectivity index (χ4v) is 2.46. The first-order valence-electron chi connectivity index (χ1n) is 8.02. The number of unbranched alkanes of at least 4 members (excludes halogenated alkanes) is 1. The molecule has 0 saturated carbocycles. The molecular weight excluding hydrogens is 294 g/mol. The van der Waals surface area contributed by atoms with Crippen LogP contribution in [0, 0.1) is 0 Å².